The minimum atomic E-state index is -0.282. The summed E-state index contributed by atoms with van der Waals surface area (Å²) in [6.45, 7) is 0. The number of hydrogen-bond donors (Lipinski definition) is 2. The van der Waals surface area contributed by atoms with Crippen LogP contribution >= 0.6 is 0 Å². The molecule has 7 heteroatoms. The van der Waals surface area contributed by atoms with Gasteiger partial charge < -0.3 is 10.6 Å². The third-order valence-electron chi connectivity index (χ3n) is 6.51. The molecular formula is C21H23N5O2. The summed E-state index contributed by atoms with van der Waals surface area (Å²) in [4.78, 5) is 37.9. The van der Waals surface area contributed by atoms with E-state index in [0.29, 0.717) is 23.2 Å². The topological polar surface area (TPSA) is 96.9 Å². The molecule has 28 heavy (non-hydrogen) atoms. The third-order valence-corrected chi connectivity index (χ3v) is 6.51. The van der Waals surface area contributed by atoms with Gasteiger partial charge in [-0.3, -0.25) is 19.6 Å². The Balaban J connectivity index is 1.38. The molecule has 4 aliphatic carbocycles. The van der Waals surface area contributed by atoms with Gasteiger partial charge in [0, 0.05) is 29.7 Å². The van der Waals surface area contributed by atoms with Gasteiger partial charge in [0.2, 0.25) is 0 Å². The highest BCUT2D eigenvalue weighted by Crippen LogP contribution is 2.57. The number of nitrogens with one attached hydrogen (secondary N) is 2. The molecule has 4 saturated carbocycles. The van der Waals surface area contributed by atoms with E-state index >= 15 is 0 Å². The van der Waals surface area contributed by atoms with Gasteiger partial charge in [-0.05, 0) is 62.5 Å². The SMILES string of the molecule is O=C(NC12CC3CC(C1)CC(NC(=O)c1cnccn1)(C3)C2)c1ccccn1. The van der Waals surface area contributed by atoms with Crippen molar-refractivity contribution in [1.82, 2.24) is 25.6 Å². The summed E-state index contributed by atoms with van der Waals surface area (Å²) >= 11 is 0. The van der Waals surface area contributed by atoms with Gasteiger partial charge in [-0.1, -0.05) is 6.07 Å². The molecule has 2 N–H and O–H groups in total. The molecule has 7 nitrogen and oxygen atoms in total. The molecule has 4 fully saturated rings. The molecule has 0 spiro atoms. The van der Waals surface area contributed by atoms with Crippen LogP contribution in [-0.2, 0) is 0 Å². The molecule has 2 amide bonds. The Hall–Kier alpha value is -2.83. The Morgan fingerprint density at radius 2 is 1.50 bits per heavy atom. The lowest BCUT2D eigenvalue weighted by Gasteiger charge is -2.62. The van der Waals surface area contributed by atoms with E-state index in [1.54, 1.807) is 24.5 Å². The van der Waals surface area contributed by atoms with Crippen molar-refractivity contribution in [1.29, 1.82) is 0 Å². The first-order valence-electron chi connectivity index (χ1n) is 9.87. The summed E-state index contributed by atoms with van der Waals surface area (Å²) in [7, 11) is 0. The first-order valence-corrected chi connectivity index (χ1v) is 9.87. The Labute approximate surface area is 163 Å². The van der Waals surface area contributed by atoms with E-state index in [0.717, 1.165) is 32.1 Å². The maximum absolute atomic E-state index is 12.8. The second kappa shape index (κ2) is 6.36. The monoisotopic (exact) mass is 377 g/mol. The van der Waals surface area contributed by atoms with Crippen molar-refractivity contribution in [2.45, 2.75) is 49.6 Å². The fourth-order valence-corrected chi connectivity index (χ4v) is 6.08. The van der Waals surface area contributed by atoms with Crippen LogP contribution < -0.4 is 10.6 Å². The number of carbonyl (C=O) groups is 2. The van der Waals surface area contributed by atoms with Gasteiger partial charge in [-0.25, -0.2) is 4.98 Å². The number of hydrogen-bond acceptors (Lipinski definition) is 5. The summed E-state index contributed by atoms with van der Waals surface area (Å²) in [6, 6.07) is 5.37. The molecule has 2 aromatic rings. The molecule has 2 unspecified atom stereocenters. The second-order valence-electron chi connectivity index (χ2n) is 8.74. The average molecular weight is 377 g/mol. The van der Waals surface area contributed by atoms with Crippen molar-refractivity contribution in [3.05, 3.63) is 54.4 Å². The van der Waals surface area contributed by atoms with Gasteiger partial charge >= 0.3 is 0 Å². The lowest BCUT2D eigenvalue weighted by molar-refractivity contribution is -0.0449. The fourth-order valence-electron chi connectivity index (χ4n) is 6.08. The van der Waals surface area contributed by atoms with Gasteiger partial charge in [0.15, 0.2) is 0 Å². The van der Waals surface area contributed by atoms with Gasteiger partial charge in [-0.15, -0.1) is 0 Å². The molecule has 2 atom stereocenters. The molecule has 0 aliphatic heterocycles. The van der Waals surface area contributed by atoms with Crippen molar-refractivity contribution < 1.29 is 9.59 Å². The van der Waals surface area contributed by atoms with Crippen LogP contribution in [0.4, 0.5) is 0 Å². The van der Waals surface area contributed by atoms with Gasteiger partial charge in [-0.2, -0.15) is 0 Å². The maximum Gasteiger partial charge on any atom is 0.271 e. The molecule has 2 heterocycles. The Morgan fingerprint density at radius 3 is 2.07 bits per heavy atom. The van der Waals surface area contributed by atoms with Crippen LogP contribution in [0.3, 0.4) is 0 Å². The van der Waals surface area contributed by atoms with Crippen molar-refractivity contribution in [3.63, 3.8) is 0 Å². The Morgan fingerprint density at radius 1 is 0.857 bits per heavy atom. The van der Waals surface area contributed by atoms with Crippen molar-refractivity contribution in [3.8, 4) is 0 Å². The molecule has 4 bridgehead atoms. The Kier molecular flexibility index (Phi) is 3.92. The summed E-state index contributed by atoms with van der Waals surface area (Å²) in [5.74, 6) is 0.735. The molecule has 4 aliphatic rings. The van der Waals surface area contributed by atoms with Gasteiger partial charge in [0.25, 0.3) is 11.8 Å². The van der Waals surface area contributed by atoms with E-state index in [4.69, 9.17) is 0 Å². The smallest absolute Gasteiger partial charge is 0.271 e. The van der Waals surface area contributed by atoms with Gasteiger partial charge in [0.05, 0.1) is 6.20 Å². The largest absolute Gasteiger partial charge is 0.345 e. The molecule has 0 aromatic carbocycles. The molecule has 6 rings (SSSR count). The Bertz CT molecular complexity index is 816. The third kappa shape index (κ3) is 3.04. The normalized spacial score (nSPS) is 32.7. The number of aromatic nitrogens is 3. The van der Waals surface area contributed by atoms with Gasteiger partial charge in [0.1, 0.15) is 11.4 Å². The second-order valence-corrected chi connectivity index (χ2v) is 8.74. The first-order chi connectivity index (χ1) is 13.5. The lowest BCUT2D eigenvalue weighted by Crippen LogP contribution is -2.69. The number of pyridine rings is 1. The van der Waals surface area contributed by atoms with Crippen LogP contribution in [0.2, 0.25) is 0 Å². The van der Waals surface area contributed by atoms with E-state index in [9.17, 15) is 9.59 Å². The molecule has 0 radical (unpaired) electrons. The zero-order valence-corrected chi connectivity index (χ0v) is 15.6. The minimum absolute atomic E-state index is 0.127. The predicted octanol–water partition coefficient (Wildman–Crippen LogP) is 2.12. The van der Waals surface area contributed by atoms with E-state index < -0.39 is 0 Å². The predicted molar refractivity (Wildman–Crippen MR) is 101 cm³/mol. The van der Waals surface area contributed by atoms with E-state index in [1.807, 2.05) is 6.07 Å². The standard InChI is InChI=1S/C21H23N5O2/c27-18(16-3-1-2-4-23-16)25-20-8-14-7-15(9-20)11-21(10-14,13-20)26-19(28)17-12-22-5-6-24-17/h1-6,12,14-15H,7-11,13H2,(H,25,27)(H,26,28). The quantitative estimate of drug-likeness (QED) is 0.851. The van der Waals surface area contributed by atoms with Crippen LogP contribution in [0, 0.1) is 11.8 Å². The van der Waals surface area contributed by atoms with Crippen LogP contribution in [0.15, 0.2) is 43.0 Å². The summed E-state index contributed by atoms with van der Waals surface area (Å²) < 4.78 is 0. The number of amides is 2. The van der Waals surface area contributed by atoms with Crippen LogP contribution in [0.5, 0.6) is 0 Å². The van der Waals surface area contributed by atoms with Crippen molar-refractivity contribution in [2.24, 2.45) is 11.8 Å². The van der Waals surface area contributed by atoms with Crippen LogP contribution in [0.1, 0.15) is 59.5 Å². The molecule has 0 saturated heterocycles. The number of rotatable bonds is 4. The van der Waals surface area contributed by atoms with Crippen molar-refractivity contribution in [2.75, 3.05) is 0 Å². The van der Waals surface area contributed by atoms with Crippen LogP contribution in [0.25, 0.3) is 0 Å². The summed E-state index contributed by atoms with van der Waals surface area (Å²) in [5, 5.41) is 6.57. The van der Waals surface area contributed by atoms with E-state index in [1.165, 1.54) is 18.8 Å². The highest BCUT2D eigenvalue weighted by molar-refractivity contribution is 5.93. The maximum atomic E-state index is 12.8. The lowest BCUT2D eigenvalue weighted by atomic mass is 9.49. The zero-order chi connectivity index (χ0) is 19.2. The van der Waals surface area contributed by atoms with Crippen molar-refractivity contribution >= 4 is 11.8 Å². The zero-order valence-electron chi connectivity index (χ0n) is 15.6. The average Bonchev–Trinajstić information content (AvgIpc) is 2.67. The van der Waals surface area contributed by atoms with Crippen LogP contribution in [-0.4, -0.2) is 37.8 Å². The highest BCUT2D eigenvalue weighted by Gasteiger charge is 2.58. The summed E-state index contributed by atoms with van der Waals surface area (Å²) in [5.41, 5.74) is 0.227. The first kappa shape index (κ1) is 17.3. The number of nitrogens with zero attached hydrogens (tertiary/aromatic N) is 3. The number of carbonyl (C=O) groups excluding carboxylic acids is 2. The minimum Gasteiger partial charge on any atom is -0.345 e. The van der Waals surface area contributed by atoms with E-state index in [2.05, 4.69) is 25.6 Å². The molecule has 144 valence electrons. The fraction of sp³-hybridized carbons (Fsp3) is 0.476. The summed E-state index contributed by atoms with van der Waals surface area (Å²) in [6.07, 6.45) is 12.1. The molecule has 2 aromatic heterocycles. The van der Waals surface area contributed by atoms with E-state index in [-0.39, 0.29) is 22.9 Å². The highest BCUT2D eigenvalue weighted by atomic mass is 16.2. The molecular weight excluding hydrogens is 354 g/mol.